The summed E-state index contributed by atoms with van der Waals surface area (Å²) in [5, 5.41) is 0.755. The number of aryl methyl sites for hydroxylation is 1. The van der Waals surface area contributed by atoms with Crippen molar-refractivity contribution in [2.45, 2.75) is 13.8 Å². The van der Waals surface area contributed by atoms with Crippen molar-refractivity contribution < 1.29 is 4.79 Å². The number of aliphatic imine (C=N–C) groups is 1. The maximum Gasteiger partial charge on any atom is 0.239 e. The fraction of sp³-hybridized carbons (Fsp3) is 0.364. The lowest BCUT2D eigenvalue weighted by Gasteiger charge is -2.12. The second kappa shape index (κ2) is 4.65. The molecule has 1 fully saturated rings. The zero-order valence-electron chi connectivity index (χ0n) is 9.30. The summed E-state index contributed by atoms with van der Waals surface area (Å²) in [7, 11) is 0. The average molecular weight is 235 g/mol. The van der Waals surface area contributed by atoms with E-state index < -0.39 is 0 Å². The predicted molar refractivity (Wildman–Crippen MR) is 65.9 cm³/mol. The molecular formula is C11H13N3OS. The number of rotatable bonds is 2. The van der Waals surface area contributed by atoms with Crippen molar-refractivity contribution in [1.82, 2.24) is 9.88 Å². The van der Waals surface area contributed by atoms with E-state index in [1.807, 2.05) is 32.0 Å². The Kier molecular flexibility index (Phi) is 3.24. The lowest BCUT2D eigenvalue weighted by Crippen LogP contribution is -2.28. The topological polar surface area (TPSA) is 45.6 Å². The van der Waals surface area contributed by atoms with Gasteiger partial charge in [-0.3, -0.25) is 9.69 Å². The first-order chi connectivity index (χ1) is 7.70. The molecule has 0 saturated carbocycles. The summed E-state index contributed by atoms with van der Waals surface area (Å²) in [6.45, 7) is 4.54. The minimum absolute atomic E-state index is 0.124. The zero-order valence-corrected chi connectivity index (χ0v) is 10.1. The molecule has 0 unspecified atom stereocenters. The van der Waals surface area contributed by atoms with E-state index in [-0.39, 0.29) is 5.91 Å². The van der Waals surface area contributed by atoms with Crippen LogP contribution in [0.3, 0.4) is 0 Å². The van der Waals surface area contributed by atoms with Crippen LogP contribution in [-0.2, 0) is 4.79 Å². The second-order valence-electron chi connectivity index (χ2n) is 3.46. The second-order valence-corrected chi connectivity index (χ2v) is 4.40. The largest absolute Gasteiger partial charge is 0.291 e. The van der Waals surface area contributed by atoms with Crippen molar-refractivity contribution in [3.05, 3.63) is 23.9 Å². The fourth-order valence-electron chi connectivity index (χ4n) is 1.48. The quantitative estimate of drug-likeness (QED) is 0.787. The van der Waals surface area contributed by atoms with E-state index >= 15 is 0 Å². The van der Waals surface area contributed by atoms with Crippen LogP contribution < -0.4 is 0 Å². The van der Waals surface area contributed by atoms with E-state index in [0.29, 0.717) is 18.1 Å². The van der Waals surface area contributed by atoms with Crippen LogP contribution in [0.15, 0.2) is 23.2 Å². The summed E-state index contributed by atoms with van der Waals surface area (Å²) in [5.41, 5.74) is 0.930. The van der Waals surface area contributed by atoms with E-state index in [1.54, 1.807) is 4.90 Å². The Morgan fingerprint density at radius 1 is 1.56 bits per heavy atom. The minimum atomic E-state index is 0.124. The standard InChI is InChI=1S/C11H13N3OS/c1-3-14-10(15)7-16-11(14)13-9-6-4-5-8(2)12-9/h4-6H,3,7H2,1-2H3/b13-11-. The van der Waals surface area contributed by atoms with Crippen LogP contribution in [0.5, 0.6) is 0 Å². The Balaban J connectivity index is 2.27. The van der Waals surface area contributed by atoms with E-state index in [1.165, 1.54) is 11.8 Å². The number of carbonyl (C=O) groups is 1. The van der Waals surface area contributed by atoms with Gasteiger partial charge in [-0.05, 0) is 26.0 Å². The molecule has 2 heterocycles. The molecule has 2 rings (SSSR count). The highest BCUT2D eigenvalue weighted by atomic mass is 32.2. The number of hydrogen-bond acceptors (Lipinski definition) is 4. The Morgan fingerprint density at radius 3 is 3.06 bits per heavy atom. The van der Waals surface area contributed by atoms with Gasteiger partial charge in [0.2, 0.25) is 5.91 Å². The third-order valence-electron chi connectivity index (χ3n) is 2.26. The van der Waals surface area contributed by atoms with Gasteiger partial charge in [0.05, 0.1) is 5.75 Å². The van der Waals surface area contributed by atoms with Crippen molar-refractivity contribution >= 4 is 28.7 Å². The summed E-state index contributed by atoms with van der Waals surface area (Å²) < 4.78 is 0. The molecule has 1 aliphatic rings. The Morgan fingerprint density at radius 2 is 2.38 bits per heavy atom. The molecule has 0 aromatic carbocycles. The average Bonchev–Trinajstić information content (AvgIpc) is 2.59. The van der Waals surface area contributed by atoms with Crippen molar-refractivity contribution in [3.8, 4) is 0 Å². The van der Waals surface area contributed by atoms with E-state index in [2.05, 4.69) is 9.98 Å². The molecule has 0 atom stereocenters. The molecule has 0 radical (unpaired) electrons. The monoisotopic (exact) mass is 235 g/mol. The molecule has 0 N–H and O–H groups in total. The van der Waals surface area contributed by atoms with E-state index in [0.717, 1.165) is 10.9 Å². The number of pyridine rings is 1. The normalized spacial score (nSPS) is 18.5. The van der Waals surface area contributed by atoms with Gasteiger partial charge in [-0.25, -0.2) is 9.98 Å². The predicted octanol–water partition coefficient (Wildman–Crippen LogP) is 1.97. The number of amides is 1. The third kappa shape index (κ3) is 2.24. The summed E-state index contributed by atoms with van der Waals surface area (Å²) in [4.78, 5) is 21.9. The first kappa shape index (κ1) is 11.1. The van der Waals surface area contributed by atoms with Gasteiger partial charge in [0.1, 0.15) is 0 Å². The van der Waals surface area contributed by atoms with E-state index in [9.17, 15) is 4.79 Å². The summed E-state index contributed by atoms with van der Waals surface area (Å²) in [6.07, 6.45) is 0. The number of thioether (sulfide) groups is 1. The molecule has 1 aliphatic heterocycles. The number of carbonyl (C=O) groups excluding carboxylic acids is 1. The Hall–Kier alpha value is -1.36. The molecule has 0 aliphatic carbocycles. The highest BCUT2D eigenvalue weighted by molar-refractivity contribution is 8.15. The minimum Gasteiger partial charge on any atom is -0.291 e. The Labute approximate surface area is 98.8 Å². The summed E-state index contributed by atoms with van der Waals surface area (Å²) >= 11 is 1.47. The molecule has 16 heavy (non-hydrogen) atoms. The number of hydrogen-bond donors (Lipinski definition) is 0. The third-order valence-corrected chi connectivity index (χ3v) is 3.22. The summed E-state index contributed by atoms with van der Waals surface area (Å²) in [5.74, 6) is 1.27. The molecule has 4 nitrogen and oxygen atoms in total. The molecule has 1 saturated heterocycles. The van der Waals surface area contributed by atoms with Gasteiger partial charge in [0.15, 0.2) is 11.0 Å². The van der Waals surface area contributed by atoms with Crippen LogP contribution in [0.25, 0.3) is 0 Å². The first-order valence-electron chi connectivity index (χ1n) is 5.16. The SMILES string of the molecule is CCN1C(=O)CS/C1=N\c1cccc(C)n1. The van der Waals surface area contributed by atoms with Gasteiger partial charge in [-0.2, -0.15) is 0 Å². The lowest BCUT2D eigenvalue weighted by molar-refractivity contribution is -0.123. The molecule has 1 aromatic rings. The molecule has 1 amide bonds. The van der Waals surface area contributed by atoms with Gasteiger partial charge < -0.3 is 0 Å². The molecule has 5 heteroatoms. The highest BCUT2D eigenvalue weighted by Crippen LogP contribution is 2.22. The van der Waals surface area contributed by atoms with Crippen molar-refractivity contribution in [1.29, 1.82) is 0 Å². The summed E-state index contributed by atoms with van der Waals surface area (Å²) in [6, 6.07) is 5.69. The zero-order chi connectivity index (χ0) is 11.5. The van der Waals surface area contributed by atoms with Crippen LogP contribution in [0, 0.1) is 6.92 Å². The van der Waals surface area contributed by atoms with Gasteiger partial charge >= 0.3 is 0 Å². The van der Waals surface area contributed by atoms with E-state index in [4.69, 9.17) is 0 Å². The maximum absolute atomic E-state index is 11.5. The molecule has 1 aromatic heterocycles. The van der Waals surface area contributed by atoms with Crippen LogP contribution in [0.4, 0.5) is 5.82 Å². The van der Waals surface area contributed by atoms with Crippen LogP contribution in [0.2, 0.25) is 0 Å². The van der Waals surface area contributed by atoms with Crippen LogP contribution in [0.1, 0.15) is 12.6 Å². The molecular weight excluding hydrogens is 222 g/mol. The maximum atomic E-state index is 11.5. The van der Waals surface area contributed by atoms with Crippen molar-refractivity contribution in [2.24, 2.45) is 4.99 Å². The van der Waals surface area contributed by atoms with Crippen molar-refractivity contribution in [3.63, 3.8) is 0 Å². The highest BCUT2D eigenvalue weighted by Gasteiger charge is 2.26. The number of amidine groups is 1. The van der Waals surface area contributed by atoms with Gasteiger partial charge in [-0.15, -0.1) is 0 Å². The number of aromatic nitrogens is 1. The first-order valence-corrected chi connectivity index (χ1v) is 6.15. The lowest BCUT2D eigenvalue weighted by atomic mass is 10.4. The fourth-order valence-corrected chi connectivity index (χ4v) is 2.44. The van der Waals surface area contributed by atoms with Crippen molar-refractivity contribution in [2.75, 3.05) is 12.3 Å². The van der Waals surface area contributed by atoms with Gasteiger partial charge in [-0.1, -0.05) is 17.8 Å². The van der Waals surface area contributed by atoms with Crippen LogP contribution in [-0.4, -0.2) is 33.3 Å². The number of nitrogens with zero attached hydrogens (tertiary/aromatic N) is 3. The van der Waals surface area contributed by atoms with Crippen LogP contribution >= 0.6 is 11.8 Å². The Bertz CT molecular complexity index is 445. The molecule has 84 valence electrons. The smallest absolute Gasteiger partial charge is 0.239 e. The van der Waals surface area contributed by atoms with Gasteiger partial charge in [0.25, 0.3) is 0 Å². The molecule has 0 spiro atoms. The van der Waals surface area contributed by atoms with Gasteiger partial charge in [0, 0.05) is 12.2 Å². The molecule has 0 bridgehead atoms.